The standard InChI is InChI=1S/C32H38FN5O3/c1-3-37(4-2)32(41)38(26-17-15-25(33)16-18-26)21-22-11-13-23(14-12-22)27-9-5-6-10-28(27)31(40)36-29(30(34)39)24-8-7-19-35-20-24/h7-8,11-20,27-29H,3-6,9-10,21H2,1-2H3,(H2,34,39)(H,36,40). The fourth-order valence-electron chi connectivity index (χ4n) is 5.57. The SMILES string of the molecule is CCN(CC)C(=O)N(Cc1ccc(C2CCCCC2C(=O)NC(C(N)=O)c2cccnc2)cc1)c1ccc(F)cc1. The van der Waals surface area contributed by atoms with Crippen molar-refractivity contribution in [2.24, 2.45) is 11.7 Å². The number of nitrogens with one attached hydrogen (secondary N) is 1. The number of pyridine rings is 1. The number of benzene rings is 2. The van der Waals surface area contributed by atoms with Crippen molar-refractivity contribution in [3.05, 3.63) is 95.6 Å². The van der Waals surface area contributed by atoms with E-state index in [0.29, 0.717) is 37.3 Å². The van der Waals surface area contributed by atoms with Crippen LogP contribution in [-0.2, 0) is 16.1 Å². The first-order valence-corrected chi connectivity index (χ1v) is 14.2. The van der Waals surface area contributed by atoms with Crippen LogP contribution in [0.4, 0.5) is 14.9 Å². The minimum Gasteiger partial charge on any atom is -0.368 e. The Morgan fingerprint density at radius 3 is 2.29 bits per heavy atom. The highest BCUT2D eigenvalue weighted by atomic mass is 19.1. The fourth-order valence-corrected chi connectivity index (χ4v) is 5.57. The number of rotatable bonds is 10. The number of anilines is 1. The summed E-state index contributed by atoms with van der Waals surface area (Å²) in [5.41, 5.74) is 8.75. The largest absolute Gasteiger partial charge is 0.368 e. The van der Waals surface area contributed by atoms with Crippen molar-refractivity contribution in [3.8, 4) is 0 Å². The van der Waals surface area contributed by atoms with Crippen LogP contribution in [0.5, 0.6) is 0 Å². The van der Waals surface area contributed by atoms with Gasteiger partial charge in [0.1, 0.15) is 11.9 Å². The van der Waals surface area contributed by atoms with E-state index in [1.807, 2.05) is 38.1 Å². The van der Waals surface area contributed by atoms with Crippen LogP contribution in [0, 0.1) is 11.7 Å². The molecule has 1 heterocycles. The first-order chi connectivity index (χ1) is 19.8. The van der Waals surface area contributed by atoms with Gasteiger partial charge in [0, 0.05) is 42.7 Å². The van der Waals surface area contributed by atoms with E-state index in [1.165, 1.54) is 18.3 Å². The quantitative estimate of drug-likeness (QED) is 0.351. The second-order valence-corrected chi connectivity index (χ2v) is 10.4. The normalized spacial score (nSPS) is 17.3. The van der Waals surface area contributed by atoms with Gasteiger partial charge in [0.25, 0.3) is 0 Å². The molecule has 3 N–H and O–H groups in total. The van der Waals surface area contributed by atoms with Gasteiger partial charge in [0.15, 0.2) is 0 Å². The average Bonchev–Trinajstić information content (AvgIpc) is 3.00. The number of primary amides is 1. The molecule has 4 amide bonds. The molecule has 41 heavy (non-hydrogen) atoms. The maximum atomic E-state index is 13.6. The van der Waals surface area contributed by atoms with Crippen LogP contribution in [0.3, 0.4) is 0 Å². The van der Waals surface area contributed by atoms with Crippen molar-refractivity contribution in [1.29, 1.82) is 0 Å². The van der Waals surface area contributed by atoms with Crippen LogP contribution in [0.1, 0.15) is 68.2 Å². The Morgan fingerprint density at radius 1 is 1.00 bits per heavy atom. The third-order valence-electron chi connectivity index (χ3n) is 7.84. The molecule has 2 aromatic carbocycles. The monoisotopic (exact) mass is 559 g/mol. The molecule has 1 aromatic heterocycles. The summed E-state index contributed by atoms with van der Waals surface area (Å²) in [7, 11) is 0. The minimum absolute atomic E-state index is 0.00858. The third-order valence-corrected chi connectivity index (χ3v) is 7.84. The number of hydrogen-bond donors (Lipinski definition) is 2. The van der Waals surface area contributed by atoms with Gasteiger partial charge in [-0.15, -0.1) is 0 Å². The molecule has 9 heteroatoms. The van der Waals surface area contributed by atoms with E-state index >= 15 is 0 Å². The van der Waals surface area contributed by atoms with Crippen molar-refractivity contribution in [1.82, 2.24) is 15.2 Å². The molecule has 4 rings (SSSR count). The Balaban J connectivity index is 1.52. The number of nitrogens with two attached hydrogens (primary N) is 1. The molecule has 3 unspecified atom stereocenters. The van der Waals surface area contributed by atoms with E-state index < -0.39 is 11.9 Å². The molecule has 0 saturated heterocycles. The summed E-state index contributed by atoms with van der Waals surface area (Å²) >= 11 is 0. The summed E-state index contributed by atoms with van der Waals surface area (Å²) in [4.78, 5) is 46.4. The van der Waals surface area contributed by atoms with Crippen LogP contribution in [-0.4, -0.2) is 40.8 Å². The Kier molecular flexibility index (Phi) is 10.1. The molecule has 216 valence electrons. The summed E-state index contributed by atoms with van der Waals surface area (Å²) in [6.07, 6.45) is 6.65. The molecule has 1 fully saturated rings. The number of aromatic nitrogens is 1. The van der Waals surface area contributed by atoms with Gasteiger partial charge in [0.05, 0.1) is 6.54 Å². The Hall–Kier alpha value is -4.27. The third kappa shape index (κ3) is 7.28. The zero-order chi connectivity index (χ0) is 29.4. The molecule has 1 aliphatic carbocycles. The molecule has 3 atom stereocenters. The van der Waals surface area contributed by atoms with E-state index in [4.69, 9.17) is 5.73 Å². The van der Waals surface area contributed by atoms with Gasteiger partial charge >= 0.3 is 6.03 Å². The van der Waals surface area contributed by atoms with Gasteiger partial charge < -0.3 is 16.0 Å². The van der Waals surface area contributed by atoms with Crippen molar-refractivity contribution in [2.75, 3.05) is 18.0 Å². The van der Waals surface area contributed by atoms with Crippen molar-refractivity contribution in [2.45, 2.75) is 58.0 Å². The first kappa shape index (κ1) is 29.7. The average molecular weight is 560 g/mol. The van der Waals surface area contributed by atoms with E-state index in [1.54, 1.807) is 40.3 Å². The summed E-state index contributed by atoms with van der Waals surface area (Å²) in [5.74, 6) is -1.49. The molecule has 0 aliphatic heterocycles. The lowest BCUT2D eigenvalue weighted by Crippen LogP contribution is -2.43. The second kappa shape index (κ2) is 13.9. The second-order valence-electron chi connectivity index (χ2n) is 10.4. The zero-order valence-electron chi connectivity index (χ0n) is 23.6. The van der Waals surface area contributed by atoms with Crippen molar-refractivity contribution < 1.29 is 18.8 Å². The predicted octanol–water partition coefficient (Wildman–Crippen LogP) is 5.31. The predicted molar refractivity (Wildman–Crippen MR) is 156 cm³/mol. The van der Waals surface area contributed by atoms with Crippen molar-refractivity contribution >= 4 is 23.5 Å². The Bertz CT molecular complexity index is 1310. The number of halogens is 1. The van der Waals surface area contributed by atoms with Gasteiger partial charge in [0.2, 0.25) is 11.8 Å². The summed E-state index contributed by atoms with van der Waals surface area (Å²) in [5, 5.41) is 2.87. The van der Waals surface area contributed by atoms with Crippen molar-refractivity contribution in [3.63, 3.8) is 0 Å². The maximum absolute atomic E-state index is 13.6. The lowest BCUT2D eigenvalue weighted by Gasteiger charge is -2.32. The molecule has 0 spiro atoms. The Morgan fingerprint density at radius 2 is 1.68 bits per heavy atom. The highest BCUT2D eigenvalue weighted by Crippen LogP contribution is 2.38. The molecule has 3 aromatic rings. The molecular formula is C32H38FN5O3. The summed E-state index contributed by atoms with van der Waals surface area (Å²) in [6.45, 7) is 5.31. The number of urea groups is 1. The lowest BCUT2D eigenvalue weighted by atomic mass is 9.74. The number of carbonyl (C=O) groups is 3. The van der Waals surface area contributed by atoms with Gasteiger partial charge in [-0.25, -0.2) is 9.18 Å². The van der Waals surface area contributed by atoms with E-state index in [9.17, 15) is 18.8 Å². The van der Waals surface area contributed by atoms with Crippen LogP contribution in [0.25, 0.3) is 0 Å². The number of amides is 4. The number of nitrogens with zero attached hydrogens (tertiary/aromatic N) is 3. The van der Waals surface area contributed by atoms with Crippen LogP contribution in [0.2, 0.25) is 0 Å². The fraction of sp³-hybridized carbons (Fsp3) is 0.375. The van der Waals surface area contributed by atoms with Gasteiger partial charge in [-0.05, 0) is 74.1 Å². The van der Waals surface area contributed by atoms with E-state index in [-0.39, 0.29) is 29.6 Å². The van der Waals surface area contributed by atoms with Crippen LogP contribution in [0.15, 0.2) is 73.1 Å². The van der Waals surface area contributed by atoms with Crippen LogP contribution >= 0.6 is 0 Å². The first-order valence-electron chi connectivity index (χ1n) is 14.2. The van der Waals surface area contributed by atoms with Gasteiger partial charge in [-0.2, -0.15) is 0 Å². The van der Waals surface area contributed by atoms with E-state index in [2.05, 4.69) is 10.3 Å². The molecular weight excluding hydrogens is 521 g/mol. The van der Waals surface area contributed by atoms with Gasteiger partial charge in [-0.3, -0.25) is 19.5 Å². The Labute approximate surface area is 240 Å². The highest BCUT2D eigenvalue weighted by molar-refractivity contribution is 5.92. The minimum atomic E-state index is -0.943. The number of hydrogen-bond acceptors (Lipinski definition) is 4. The summed E-state index contributed by atoms with van der Waals surface area (Å²) in [6, 6.07) is 16.3. The molecule has 0 radical (unpaired) electrons. The van der Waals surface area contributed by atoms with E-state index in [0.717, 1.165) is 30.4 Å². The zero-order valence-corrected chi connectivity index (χ0v) is 23.6. The maximum Gasteiger partial charge on any atom is 0.324 e. The molecule has 1 saturated carbocycles. The lowest BCUT2D eigenvalue weighted by molar-refractivity contribution is -0.131. The smallest absolute Gasteiger partial charge is 0.324 e. The van der Waals surface area contributed by atoms with Gasteiger partial charge in [-0.1, -0.05) is 43.2 Å². The van der Waals surface area contributed by atoms with Crippen LogP contribution < -0.4 is 16.0 Å². The molecule has 0 bridgehead atoms. The summed E-state index contributed by atoms with van der Waals surface area (Å²) < 4.78 is 13.6. The highest BCUT2D eigenvalue weighted by Gasteiger charge is 2.34. The topological polar surface area (TPSA) is 109 Å². The molecule has 1 aliphatic rings. The number of carbonyl (C=O) groups excluding carboxylic acids is 3. The molecule has 8 nitrogen and oxygen atoms in total.